The minimum absolute atomic E-state index is 0.0967. The summed E-state index contributed by atoms with van der Waals surface area (Å²) < 4.78 is 0. The molecule has 2 N–H and O–H groups in total. The Balaban J connectivity index is 3.07. The van der Waals surface area contributed by atoms with E-state index in [-0.39, 0.29) is 12.5 Å². The molecule has 0 aromatic heterocycles. The summed E-state index contributed by atoms with van der Waals surface area (Å²) in [6.45, 7) is 4.24. The minimum Gasteiger partial charge on any atom is -0.394 e. The maximum absolute atomic E-state index is 9.56. The van der Waals surface area contributed by atoms with Crippen LogP contribution in [-0.4, -0.2) is 22.9 Å². The van der Waals surface area contributed by atoms with Gasteiger partial charge < -0.3 is 10.2 Å². The molecule has 0 aliphatic carbocycles. The number of hydrogen-bond acceptors (Lipinski definition) is 2. The van der Waals surface area contributed by atoms with Gasteiger partial charge in [-0.3, -0.25) is 0 Å². The lowest BCUT2D eigenvalue weighted by Crippen LogP contribution is -2.21. The molecule has 0 heterocycles. The van der Waals surface area contributed by atoms with Crippen LogP contribution >= 0.6 is 0 Å². The molecule has 0 aliphatic rings. The first-order chi connectivity index (χ1) is 15.7. The number of hydrogen-bond donors (Lipinski definition) is 2. The fourth-order valence-electron chi connectivity index (χ4n) is 4.80. The normalized spacial score (nSPS) is 13.5. The third-order valence-corrected chi connectivity index (χ3v) is 7.36. The zero-order valence-corrected chi connectivity index (χ0v) is 22.4. The van der Waals surface area contributed by atoms with Crippen molar-refractivity contribution in [3.8, 4) is 0 Å². The van der Waals surface area contributed by atoms with Crippen molar-refractivity contribution in [2.75, 3.05) is 6.61 Å². The van der Waals surface area contributed by atoms with Crippen molar-refractivity contribution in [1.29, 1.82) is 0 Å². The smallest absolute Gasteiger partial charge is 0.0796 e. The summed E-state index contributed by atoms with van der Waals surface area (Å²) in [6.07, 6.45) is 34.7. The fraction of sp³-hybridized carbons (Fsp3) is 1.00. The highest BCUT2D eigenvalue weighted by Crippen LogP contribution is 2.17. The van der Waals surface area contributed by atoms with E-state index in [9.17, 15) is 5.11 Å². The zero-order chi connectivity index (χ0) is 23.5. The second kappa shape index (κ2) is 27.2. The van der Waals surface area contributed by atoms with Gasteiger partial charge in [0.25, 0.3) is 0 Å². The molecule has 0 amide bonds. The average Bonchev–Trinajstić information content (AvgIpc) is 2.81. The Hall–Kier alpha value is -0.0800. The molecule has 194 valence electrons. The molecule has 2 heteroatoms. The number of rotatable bonds is 27. The second-order valence-corrected chi connectivity index (χ2v) is 10.6. The Morgan fingerprint density at radius 3 is 0.938 bits per heavy atom. The first-order valence-electron chi connectivity index (χ1n) is 15.0. The fourth-order valence-corrected chi connectivity index (χ4v) is 4.80. The van der Waals surface area contributed by atoms with Gasteiger partial charge in [0.15, 0.2) is 0 Å². The standard InChI is InChI=1S/C30H62O2/c1-3-4-5-6-7-8-9-10-11-12-13-14-15-16-17-18-19-20-21-22-23-24-25-26-27-29(2)30(32)28-31/h29-32H,3-28H2,1-2H3. The quantitative estimate of drug-likeness (QED) is 0.121. The summed E-state index contributed by atoms with van der Waals surface area (Å²) in [4.78, 5) is 0. The number of aliphatic hydroxyl groups is 2. The topological polar surface area (TPSA) is 40.5 Å². The molecule has 0 aromatic carbocycles. The summed E-state index contributed by atoms with van der Waals surface area (Å²) in [5.74, 6) is 0.236. The highest BCUT2D eigenvalue weighted by atomic mass is 16.3. The molecule has 0 fully saturated rings. The molecule has 0 saturated carbocycles. The van der Waals surface area contributed by atoms with E-state index in [0.717, 1.165) is 6.42 Å². The molecule has 0 aromatic rings. The van der Waals surface area contributed by atoms with E-state index in [4.69, 9.17) is 5.11 Å². The molecule has 2 unspecified atom stereocenters. The van der Waals surface area contributed by atoms with Crippen LogP contribution in [0.2, 0.25) is 0 Å². The van der Waals surface area contributed by atoms with Gasteiger partial charge in [0, 0.05) is 0 Å². The second-order valence-electron chi connectivity index (χ2n) is 10.6. The van der Waals surface area contributed by atoms with Crippen LogP contribution in [0.4, 0.5) is 0 Å². The van der Waals surface area contributed by atoms with Crippen molar-refractivity contribution in [3.05, 3.63) is 0 Å². The summed E-state index contributed by atoms with van der Waals surface area (Å²) in [5.41, 5.74) is 0. The van der Waals surface area contributed by atoms with Crippen LogP contribution in [0.15, 0.2) is 0 Å². The zero-order valence-electron chi connectivity index (χ0n) is 22.4. The van der Waals surface area contributed by atoms with Gasteiger partial charge in [0.2, 0.25) is 0 Å². The van der Waals surface area contributed by atoms with Crippen LogP contribution in [0, 0.1) is 5.92 Å². The van der Waals surface area contributed by atoms with Crippen molar-refractivity contribution in [2.24, 2.45) is 5.92 Å². The maximum atomic E-state index is 9.56. The summed E-state index contributed by atoms with van der Waals surface area (Å²) >= 11 is 0. The van der Waals surface area contributed by atoms with E-state index in [0.29, 0.717) is 0 Å². The maximum Gasteiger partial charge on any atom is 0.0796 e. The molecule has 0 saturated heterocycles. The number of unbranched alkanes of at least 4 members (excludes halogenated alkanes) is 23. The first kappa shape index (κ1) is 31.9. The third kappa shape index (κ3) is 24.6. The van der Waals surface area contributed by atoms with Crippen LogP contribution in [0.5, 0.6) is 0 Å². The molecule has 0 radical (unpaired) electrons. The molecule has 2 nitrogen and oxygen atoms in total. The summed E-state index contributed by atoms with van der Waals surface area (Å²) in [5, 5.41) is 18.5. The Morgan fingerprint density at radius 2 is 0.688 bits per heavy atom. The van der Waals surface area contributed by atoms with Gasteiger partial charge in [-0.25, -0.2) is 0 Å². The molecule has 0 spiro atoms. The van der Waals surface area contributed by atoms with Gasteiger partial charge in [-0.2, -0.15) is 0 Å². The minimum atomic E-state index is -0.528. The van der Waals surface area contributed by atoms with Gasteiger partial charge in [-0.05, 0) is 12.3 Å². The highest BCUT2D eigenvalue weighted by Gasteiger charge is 2.11. The highest BCUT2D eigenvalue weighted by molar-refractivity contribution is 4.63. The van der Waals surface area contributed by atoms with E-state index in [1.165, 1.54) is 154 Å². The summed E-state index contributed by atoms with van der Waals surface area (Å²) in [6, 6.07) is 0. The summed E-state index contributed by atoms with van der Waals surface area (Å²) in [7, 11) is 0. The molecule has 0 rings (SSSR count). The van der Waals surface area contributed by atoms with Gasteiger partial charge >= 0.3 is 0 Å². The van der Waals surface area contributed by atoms with E-state index >= 15 is 0 Å². The Kier molecular flexibility index (Phi) is 27.1. The average molecular weight is 455 g/mol. The van der Waals surface area contributed by atoms with Gasteiger partial charge in [0.05, 0.1) is 12.7 Å². The van der Waals surface area contributed by atoms with Crippen LogP contribution in [-0.2, 0) is 0 Å². The van der Waals surface area contributed by atoms with Crippen molar-refractivity contribution < 1.29 is 10.2 Å². The SMILES string of the molecule is CCCCCCCCCCCCCCCCCCCCCCCCCCC(C)C(O)CO. The van der Waals surface area contributed by atoms with E-state index in [1.54, 1.807) is 0 Å². The van der Waals surface area contributed by atoms with Crippen molar-refractivity contribution in [3.63, 3.8) is 0 Å². The third-order valence-electron chi connectivity index (χ3n) is 7.36. The van der Waals surface area contributed by atoms with Crippen molar-refractivity contribution >= 4 is 0 Å². The molecular formula is C30H62O2. The van der Waals surface area contributed by atoms with Gasteiger partial charge in [0.1, 0.15) is 0 Å². The van der Waals surface area contributed by atoms with E-state index < -0.39 is 6.10 Å². The van der Waals surface area contributed by atoms with Gasteiger partial charge in [-0.1, -0.05) is 168 Å². The van der Waals surface area contributed by atoms with Crippen LogP contribution < -0.4 is 0 Å². The first-order valence-corrected chi connectivity index (χ1v) is 15.0. The molecular weight excluding hydrogens is 392 g/mol. The largest absolute Gasteiger partial charge is 0.394 e. The molecule has 32 heavy (non-hydrogen) atoms. The molecule has 0 aliphatic heterocycles. The van der Waals surface area contributed by atoms with Crippen LogP contribution in [0.3, 0.4) is 0 Å². The Bertz CT molecular complexity index is 331. The Labute approximate surface area is 203 Å². The molecule has 2 atom stereocenters. The monoisotopic (exact) mass is 454 g/mol. The molecule has 0 bridgehead atoms. The lowest BCUT2D eigenvalue weighted by molar-refractivity contribution is 0.0495. The lowest BCUT2D eigenvalue weighted by Gasteiger charge is -2.15. The van der Waals surface area contributed by atoms with E-state index in [1.807, 2.05) is 6.92 Å². The van der Waals surface area contributed by atoms with Crippen molar-refractivity contribution in [1.82, 2.24) is 0 Å². The predicted octanol–water partition coefficient (Wildman–Crippen LogP) is 9.75. The lowest BCUT2D eigenvalue weighted by atomic mass is 9.97. The van der Waals surface area contributed by atoms with Gasteiger partial charge in [-0.15, -0.1) is 0 Å². The van der Waals surface area contributed by atoms with E-state index in [2.05, 4.69) is 6.92 Å². The number of aliphatic hydroxyl groups excluding tert-OH is 2. The Morgan fingerprint density at radius 1 is 0.438 bits per heavy atom. The van der Waals surface area contributed by atoms with Crippen molar-refractivity contribution in [2.45, 2.75) is 180 Å². The predicted molar refractivity (Wildman–Crippen MR) is 143 cm³/mol. The van der Waals surface area contributed by atoms with Crippen LogP contribution in [0.1, 0.15) is 174 Å². The van der Waals surface area contributed by atoms with Crippen LogP contribution in [0.25, 0.3) is 0 Å².